The molecule has 2 aliphatic carbocycles. The first-order valence-electron chi connectivity index (χ1n) is 6.64. The Labute approximate surface area is 107 Å². The van der Waals surface area contributed by atoms with Gasteiger partial charge in [0, 0.05) is 23.9 Å². The summed E-state index contributed by atoms with van der Waals surface area (Å²) in [6.07, 6.45) is 5.25. The van der Waals surface area contributed by atoms with E-state index in [-0.39, 0.29) is 10.6 Å². The van der Waals surface area contributed by atoms with Crippen LogP contribution in [0.2, 0.25) is 0 Å². The molecule has 0 aromatic heterocycles. The Bertz CT molecular complexity index is 487. The number of hydrogen-bond acceptors (Lipinski definition) is 3. The molecule has 96 valence electrons. The molecule has 3 unspecified atom stereocenters. The molecule has 1 aromatic rings. The molecular weight excluding hydrogens is 228 g/mol. The SMILES string of the molecule is Cc1cc(NC2CC3CCC2C3)cc([N+](=O)[O-])c1. The summed E-state index contributed by atoms with van der Waals surface area (Å²) >= 11 is 0. The molecule has 2 bridgehead atoms. The molecule has 4 nitrogen and oxygen atoms in total. The van der Waals surface area contributed by atoms with Gasteiger partial charge in [0.05, 0.1) is 4.92 Å². The monoisotopic (exact) mass is 246 g/mol. The lowest BCUT2D eigenvalue weighted by molar-refractivity contribution is -0.384. The number of nitro groups is 1. The highest BCUT2D eigenvalue weighted by atomic mass is 16.6. The summed E-state index contributed by atoms with van der Waals surface area (Å²) in [6.45, 7) is 1.90. The molecule has 2 saturated carbocycles. The number of aryl methyl sites for hydroxylation is 1. The highest BCUT2D eigenvalue weighted by Gasteiger charge is 2.39. The van der Waals surface area contributed by atoms with Crippen LogP contribution >= 0.6 is 0 Å². The van der Waals surface area contributed by atoms with Crippen LogP contribution in [0.25, 0.3) is 0 Å². The molecule has 1 N–H and O–H groups in total. The highest BCUT2D eigenvalue weighted by molar-refractivity contribution is 5.54. The molecule has 0 saturated heterocycles. The lowest BCUT2D eigenvalue weighted by Crippen LogP contribution is -2.25. The van der Waals surface area contributed by atoms with E-state index in [0.717, 1.165) is 23.1 Å². The van der Waals surface area contributed by atoms with Gasteiger partial charge in [0.2, 0.25) is 0 Å². The van der Waals surface area contributed by atoms with Gasteiger partial charge in [-0.15, -0.1) is 0 Å². The van der Waals surface area contributed by atoms with Crippen molar-refractivity contribution in [1.29, 1.82) is 0 Å². The predicted octanol–water partition coefficient (Wildman–Crippen LogP) is 3.50. The quantitative estimate of drug-likeness (QED) is 0.656. The van der Waals surface area contributed by atoms with Crippen LogP contribution in [0.5, 0.6) is 0 Å². The summed E-state index contributed by atoms with van der Waals surface area (Å²) in [5.74, 6) is 1.65. The van der Waals surface area contributed by atoms with Gasteiger partial charge in [0.1, 0.15) is 0 Å². The van der Waals surface area contributed by atoms with Crippen molar-refractivity contribution in [2.45, 2.75) is 38.6 Å². The van der Waals surface area contributed by atoms with Crippen molar-refractivity contribution in [3.05, 3.63) is 33.9 Å². The molecule has 4 heteroatoms. The first-order chi connectivity index (χ1) is 8.61. The Balaban J connectivity index is 1.78. The summed E-state index contributed by atoms with van der Waals surface area (Å²) in [5.41, 5.74) is 2.02. The van der Waals surface area contributed by atoms with Crippen LogP contribution in [-0.2, 0) is 0 Å². The standard InChI is InChI=1S/C14H18N2O2/c1-9-4-12(8-13(5-9)16(17)18)15-14-7-10-2-3-11(14)6-10/h4-5,8,10-11,14-15H,2-3,6-7H2,1H3. The average Bonchev–Trinajstić information content (AvgIpc) is 2.90. The fourth-order valence-electron chi connectivity index (χ4n) is 3.59. The van der Waals surface area contributed by atoms with E-state index in [2.05, 4.69) is 5.32 Å². The van der Waals surface area contributed by atoms with Crippen molar-refractivity contribution < 1.29 is 4.92 Å². The lowest BCUT2D eigenvalue weighted by atomic mass is 9.95. The maximum atomic E-state index is 10.8. The third-order valence-corrected chi connectivity index (χ3v) is 4.36. The van der Waals surface area contributed by atoms with E-state index in [9.17, 15) is 10.1 Å². The van der Waals surface area contributed by atoms with E-state index in [0.29, 0.717) is 6.04 Å². The van der Waals surface area contributed by atoms with E-state index in [1.165, 1.54) is 25.7 Å². The van der Waals surface area contributed by atoms with Crippen LogP contribution < -0.4 is 5.32 Å². The van der Waals surface area contributed by atoms with Crippen LogP contribution in [0.15, 0.2) is 18.2 Å². The van der Waals surface area contributed by atoms with Crippen molar-refractivity contribution in [3.8, 4) is 0 Å². The van der Waals surface area contributed by atoms with Gasteiger partial charge in [-0.05, 0) is 49.7 Å². The lowest BCUT2D eigenvalue weighted by Gasteiger charge is -2.24. The van der Waals surface area contributed by atoms with E-state index >= 15 is 0 Å². The third-order valence-electron chi connectivity index (χ3n) is 4.36. The smallest absolute Gasteiger partial charge is 0.271 e. The Hall–Kier alpha value is -1.58. The molecule has 3 rings (SSSR count). The van der Waals surface area contributed by atoms with Gasteiger partial charge in [-0.2, -0.15) is 0 Å². The molecule has 0 spiro atoms. The van der Waals surface area contributed by atoms with Crippen molar-refractivity contribution in [1.82, 2.24) is 0 Å². The number of anilines is 1. The van der Waals surface area contributed by atoms with Gasteiger partial charge in [-0.1, -0.05) is 6.42 Å². The zero-order chi connectivity index (χ0) is 12.7. The highest BCUT2D eigenvalue weighted by Crippen LogP contribution is 2.45. The topological polar surface area (TPSA) is 55.2 Å². The van der Waals surface area contributed by atoms with E-state index in [1.54, 1.807) is 12.1 Å². The number of nitrogens with one attached hydrogen (secondary N) is 1. The summed E-state index contributed by atoms with van der Waals surface area (Å²) in [4.78, 5) is 10.5. The summed E-state index contributed by atoms with van der Waals surface area (Å²) in [5, 5.41) is 14.4. The van der Waals surface area contributed by atoms with Gasteiger partial charge in [0.15, 0.2) is 0 Å². The molecular formula is C14H18N2O2. The summed E-state index contributed by atoms with van der Waals surface area (Å²) in [6, 6.07) is 5.79. The number of hydrogen-bond donors (Lipinski definition) is 1. The summed E-state index contributed by atoms with van der Waals surface area (Å²) < 4.78 is 0. The van der Waals surface area contributed by atoms with E-state index < -0.39 is 0 Å². The number of non-ortho nitro benzene ring substituents is 1. The maximum Gasteiger partial charge on any atom is 0.271 e. The normalized spacial score (nSPS) is 29.5. The summed E-state index contributed by atoms with van der Waals surface area (Å²) in [7, 11) is 0. The predicted molar refractivity (Wildman–Crippen MR) is 70.7 cm³/mol. The number of fused-ring (bicyclic) bond motifs is 2. The second-order valence-electron chi connectivity index (χ2n) is 5.74. The number of nitro benzene ring substituents is 1. The minimum atomic E-state index is -0.320. The Morgan fingerprint density at radius 3 is 2.72 bits per heavy atom. The minimum absolute atomic E-state index is 0.181. The largest absolute Gasteiger partial charge is 0.382 e. The first-order valence-corrected chi connectivity index (χ1v) is 6.64. The first kappa shape index (κ1) is 11.5. The second kappa shape index (κ2) is 4.26. The van der Waals surface area contributed by atoms with Gasteiger partial charge >= 0.3 is 0 Å². The van der Waals surface area contributed by atoms with Crippen molar-refractivity contribution in [2.75, 3.05) is 5.32 Å². The van der Waals surface area contributed by atoms with Crippen LogP contribution in [0.3, 0.4) is 0 Å². The van der Waals surface area contributed by atoms with Crippen LogP contribution in [0.4, 0.5) is 11.4 Å². The second-order valence-corrected chi connectivity index (χ2v) is 5.74. The van der Waals surface area contributed by atoms with Gasteiger partial charge < -0.3 is 5.32 Å². The average molecular weight is 246 g/mol. The van der Waals surface area contributed by atoms with Crippen LogP contribution in [-0.4, -0.2) is 11.0 Å². The van der Waals surface area contributed by atoms with Gasteiger partial charge in [-0.3, -0.25) is 10.1 Å². The third kappa shape index (κ3) is 2.07. The number of nitrogens with zero attached hydrogens (tertiary/aromatic N) is 1. The van der Waals surface area contributed by atoms with Crippen molar-refractivity contribution >= 4 is 11.4 Å². The fraction of sp³-hybridized carbons (Fsp3) is 0.571. The maximum absolute atomic E-state index is 10.8. The Morgan fingerprint density at radius 2 is 2.11 bits per heavy atom. The molecule has 0 aliphatic heterocycles. The zero-order valence-electron chi connectivity index (χ0n) is 10.6. The molecule has 2 aliphatic rings. The molecule has 18 heavy (non-hydrogen) atoms. The van der Waals surface area contributed by atoms with Crippen LogP contribution in [0.1, 0.15) is 31.2 Å². The molecule has 1 aromatic carbocycles. The molecule has 0 radical (unpaired) electrons. The molecule has 2 fully saturated rings. The molecule has 3 atom stereocenters. The van der Waals surface area contributed by atoms with Crippen molar-refractivity contribution in [3.63, 3.8) is 0 Å². The zero-order valence-corrected chi connectivity index (χ0v) is 10.6. The van der Waals surface area contributed by atoms with Gasteiger partial charge in [0.25, 0.3) is 5.69 Å². The Kier molecular flexibility index (Phi) is 2.73. The minimum Gasteiger partial charge on any atom is -0.382 e. The van der Waals surface area contributed by atoms with Crippen molar-refractivity contribution in [2.24, 2.45) is 11.8 Å². The number of rotatable bonds is 3. The van der Waals surface area contributed by atoms with Gasteiger partial charge in [-0.25, -0.2) is 0 Å². The molecule has 0 amide bonds. The fourth-order valence-corrected chi connectivity index (χ4v) is 3.59. The number of benzene rings is 1. The van der Waals surface area contributed by atoms with Crippen LogP contribution in [0, 0.1) is 28.9 Å². The molecule has 0 heterocycles. The van der Waals surface area contributed by atoms with E-state index in [4.69, 9.17) is 0 Å². The Morgan fingerprint density at radius 1 is 1.28 bits per heavy atom. The van der Waals surface area contributed by atoms with E-state index in [1.807, 2.05) is 13.0 Å².